The van der Waals surface area contributed by atoms with Gasteiger partial charge in [-0.05, 0) is 50.8 Å². The number of amides is 1. The number of rotatable bonds is 5. The third-order valence-electron chi connectivity index (χ3n) is 6.39. The molecule has 0 aromatic rings. The Hall–Kier alpha value is -1.15. The number of carbonyl (C=O) groups excluding carboxylic acids is 1. The fourth-order valence-corrected chi connectivity index (χ4v) is 5.24. The van der Waals surface area contributed by atoms with Crippen LogP contribution in [-0.4, -0.2) is 68.6 Å². The van der Waals surface area contributed by atoms with Crippen LogP contribution in [0.25, 0.3) is 0 Å². The molecule has 1 amide bonds. The molecule has 1 N–H and O–H groups in total. The molecule has 0 radical (unpaired) electrons. The van der Waals surface area contributed by atoms with Gasteiger partial charge in [0, 0.05) is 20.2 Å². The molecule has 5 rings (SSSR count). The maximum Gasteiger partial charge on any atom is 0.407 e. The second-order valence-electron chi connectivity index (χ2n) is 7.85. The standard InChI is InChI=1S/C19H30N2O5/c1-4-20-18(22)24-14-10-13-12(2)16-25-17(23-3)15(13)19(14,26-16)11-21-8-6-5-7-9-21/h13-17H,2,4-11H2,1,3H3,(H,20,22)/t13?,14-,15?,16?,17?,19?/m1/s1. The van der Waals surface area contributed by atoms with E-state index in [4.69, 9.17) is 18.9 Å². The quantitative estimate of drug-likeness (QED) is 0.749. The summed E-state index contributed by atoms with van der Waals surface area (Å²) in [5, 5.41) is 2.74. The first kappa shape index (κ1) is 18.2. The first-order valence-electron chi connectivity index (χ1n) is 9.80. The highest BCUT2D eigenvalue weighted by Crippen LogP contribution is 2.59. The van der Waals surface area contributed by atoms with Crippen LogP contribution in [0.5, 0.6) is 0 Å². The Morgan fingerprint density at radius 3 is 2.85 bits per heavy atom. The molecule has 4 bridgehead atoms. The Labute approximate surface area is 155 Å². The Balaban J connectivity index is 1.63. The predicted molar refractivity (Wildman–Crippen MR) is 94.5 cm³/mol. The molecule has 0 aromatic carbocycles. The van der Waals surface area contributed by atoms with Crippen molar-refractivity contribution >= 4 is 6.09 Å². The van der Waals surface area contributed by atoms with E-state index in [-0.39, 0.29) is 30.3 Å². The molecular weight excluding hydrogens is 336 g/mol. The van der Waals surface area contributed by atoms with Gasteiger partial charge < -0.3 is 29.2 Å². The summed E-state index contributed by atoms with van der Waals surface area (Å²) in [4.78, 5) is 14.6. The summed E-state index contributed by atoms with van der Waals surface area (Å²) in [5.41, 5.74) is 0.345. The average molecular weight is 366 g/mol. The zero-order chi connectivity index (χ0) is 18.3. The zero-order valence-electron chi connectivity index (χ0n) is 15.7. The van der Waals surface area contributed by atoms with Gasteiger partial charge in [0.05, 0.1) is 5.92 Å². The largest absolute Gasteiger partial charge is 0.443 e. The third-order valence-corrected chi connectivity index (χ3v) is 6.39. The lowest BCUT2D eigenvalue weighted by Gasteiger charge is -2.55. The maximum atomic E-state index is 12.2. The summed E-state index contributed by atoms with van der Waals surface area (Å²) in [6, 6.07) is 0. The number of carbonyl (C=O) groups is 1. The van der Waals surface area contributed by atoms with Gasteiger partial charge in [-0.25, -0.2) is 4.79 Å². The van der Waals surface area contributed by atoms with Crippen molar-refractivity contribution < 1.29 is 23.7 Å². The van der Waals surface area contributed by atoms with Crippen molar-refractivity contribution in [3.63, 3.8) is 0 Å². The number of alkyl carbamates (subject to hydrolysis) is 1. The van der Waals surface area contributed by atoms with Crippen LogP contribution < -0.4 is 5.32 Å². The second kappa shape index (κ2) is 7.11. The molecule has 146 valence electrons. The molecular formula is C19H30N2O5. The summed E-state index contributed by atoms with van der Waals surface area (Å²) < 4.78 is 23.9. The highest BCUT2D eigenvalue weighted by molar-refractivity contribution is 5.67. The lowest BCUT2D eigenvalue weighted by molar-refractivity contribution is -0.375. The highest BCUT2D eigenvalue weighted by Gasteiger charge is 2.70. The van der Waals surface area contributed by atoms with Gasteiger partial charge in [0.25, 0.3) is 0 Å². The van der Waals surface area contributed by atoms with E-state index in [0.717, 1.165) is 25.2 Å². The number of fused-ring (bicyclic) bond motifs is 1. The Bertz CT molecular complexity index is 564. The molecule has 1 aliphatic carbocycles. The van der Waals surface area contributed by atoms with Crippen LogP contribution in [0.1, 0.15) is 32.6 Å². The summed E-state index contributed by atoms with van der Waals surface area (Å²) in [6.07, 6.45) is 2.85. The molecule has 1 saturated carbocycles. The van der Waals surface area contributed by atoms with Crippen molar-refractivity contribution in [3.05, 3.63) is 12.2 Å². The van der Waals surface area contributed by atoms with Crippen molar-refractivity contribution in [3.8, 4) is 0 Å². The highest BCUT2D eigenvalue weighted by atomic mass is 16.8. The molecule has 26 heavy (non-hydrogen) atoms. The lowest BCUT2D eigenvalue weighted by atomic mass is 9.76. The van der Waals surface area contributed by atoms with Crippen LogP contribution in [0.3, 0.4) is 0 Å². The number of ether oxygens (including phenoxy) is 4. The molecule has 4 heterocycles. The van der Waals surface area contributed by atoms with Crippen LogP contribution in [0.2, 0.25) is 0 Å². The molecule has 7 nitrogen and oxygen atoms in total. The summed E-state index contributed by atoms with van der Waals surface area (Å²) in [7, 11) is 1.67. The number of nitrogens with one attached hydrogen (secondary N) is 1. The minimum atomic E-state index is -0.599. The summed E-state index contributed by atoms with van der Waals surface area (Å²) in [5.74, 6) is 0.183. The molecule has 5 aliphatic rings. The minimum absolute atomic E-state index is 0.00801. The second-order valence-corrected chi connectivity index (χ2v) is 7.85. The van der Waals surface area contributed by atoms with E-state index >= 15 is 0 Å². The van der Waals surface area contributed by atoms with Crippen molar-refractivity contribution in [1.29, 1.82) is 0 Å². The van der Waals surface area contributed by atoms with E-state index < -0.39 is 11.9 Å². The molecule has 7 heteroatoms. The molecule has 0 aromatic heterocycles. The number of hydrogen-bond donors (Lipinski definition) is 1. The van der Waals surface area contributed by atoms with Gasteiger partial charge >= 0.3 is 6.09 Å². The van der Waals surface area contributed by atoms with E-state index in [1.807, 2.05) is 6.92 Å². The lowest BCUT2D eigenvalue weighted by Crippen LogP contribution is -2.67. The number of likely N-dealkylation sites (tertiary alicyclic amines) is 1. The molecule has 5 fully saturated rings. The number of hydrogen-bond acceptors (Lipinski definition) is 6. The third kappa shape index (κ3) is 2.85. The Morgan fingerprint density at radius 1 is 1.38 bits per heavy atom. The van der Waals surface area contributed by atoms with Crippen molar-refractivity contribution in [2.45, 2.75) is 56.9 Å². The Kier molecular flexibility index (Phi) is 4.98. The fraction of sp³-hybridized carbons (Fsp3) is 0.842. The zero-order valence-corrected chi connectivity index (χ0v) is 15.7. The van der Waals surface area contributed by atoms with Crippen LogP contribution in [-0.2, 0) is 18.9 Å². The van der Waals surface area contributed by atoms with Gasteiger partial charge in [-0.15, -0.1) is 0 Å². The topological polar surface area (TPSA) is 69.3 Å². The van der Waals surface area contributed by atoms with Gasteiger partial charge in [0.1, 0.15) is 11.7 Å². The molecule has 6 atom stereocenters. The SMILES string of the molecule is C=C1C2OC(OC)C3C1C[C@@H](OC(=O)NCC)C3(CN1CCCCC1)O2. The fourth-order valence-electron chi connectivity index (χ4n) is 5.24. The monoisotopic (exact) mass is 366 g/mol. The van der Waals surface area contributed by atoms with E-state index in [1.165, 1.54) is 19.3 Å². The van der Waals surface area contributed by atoms with Crippen molar-refractivity contribution in [1.82, 2.24) is 10.2 Å². The van der Waals surface area contributed by atoms with Crippen LogP contribution in [0, 0.1) is 11.8 Å². The van der Waals surface area contributed by atoms with Crippen LogP contribution >= 0.6 is 0 Å². The van der Waals surface area contributed by atoms with E-state index in [0.29, 0.717) is 13.0 Å². The van der Waals surface area contributed by atoms with Gasteiger partial charge in [-0.3, -0.25) is 0 Å². The van der Waals surface area contributed by atoms with E-state index in [9.17, 15) is 4.79 Å². The minimum Gasteiger partial charge on any atom is -0.443 e. The van der Waals surface area contributed by atoms with Gasteiger partial charge in [0.15, 0.2) is 12.6 Å². The predicted octanol–water partition coefficient (Wildman–Crippen LogP) is 1.88. The summed E-state index contributed by atoms with van der Waals surface area (Å²) >= 11 is 0. The Morgan fingerprint density at radius 2 is 2.15 bits per heavy atom. The smallest absolute Gasteiger partial charge is 0.407 e. The summed E-state index contributed by atoms with van der Waals surface area (Å²) in [6.45, 7) is 9.47. The molecule has 4 saturated heterocycles. The van der Waals surface area contributed by atoms with Gasteiger partial charge in [-0.1, -0.05) is 13.0 Å². The van der Waals surface area contributed by atoms with E-state index in [2.05, 4.69) is 16.8 Å². The van der Waals surface area contributed by atoms with Crippen molar-refractivity contribution in [2.75, 3.05) is 33.3 Å². The van der Waals surface area contributed by atoms with Crippen LogP contribution in [0.4, 0.5) is 4.79 Å². The maximum absolute atomic E-state index is 12.2. The van der Waals surface area contributed by atoms with Crippen molar-refractivity contribution in [2.24, 2.45) is 11.8 Å². The molecule has 4 aliphatic heterocycles. The first-order valence-corrected chi connectivity index (χ1v) is 9.80. The number of piperidine rings is 1. The number of methoxy groups -OCH3 is 1. The number of nitrogens with zero attached hydrogens (tertiary/aromatic N) is 1. The molecule has 0 spiro atoms. The molecule has 5 unspecified atom stereocenters. The normalized spacial score (nSPS) is 42.1. The van der Waals surface area contributed by atoms with E-state index in [1.54, 1.807) is 7.11 Å². The van der Waals surface area contributed by atoms with Gasteiger partial charge in [-0.2, -0.15) is 0 Å². The average Bonchev–Trinajstić information content (AvgIpc) is 2.90. The van der Waals surface area contributed by atoms with Gasteiger partial charge in [0.2, 0.25) is 0 Å². The van der Waals surface area contributed by atoms with Crippen LogP contribution in [0.15, 0.2) is 12.2 Å². The first-order chi connectivity index (χ1) is 12.6.